The maximum Gasteiger partial charge on any atom is 0.266 e. The number of carbonyl (C=O) groups excluding carboxylic acids is 3. The number of ether oxygens (including phenoxy) is 2. The van der Waals surface area contributed by atoms with Crippen LogP contribution < -0.4 is 15.2 Å². The minimum atomic E-state index is -0.617. The molecule has 0 unspecified atom stereocenters. The fourth-order valence-corrected chi connectivity index (χ4v) is 5.89. The van der Waals surface area contributed by atoms with Crippen LogP contribution in [0.2, 0.25) is 0 Å². The molecule has 2 aliphatic heterocycles. The van der Waals surface area contributed by atoms with Crippen LogP contribution in [0.25, 0.3) is 0 Å². The lowest BCUT2D eigenvalue weighted by Crippen LogP contribution is -2.43. The first kappa shape index (κ1) is 18.9. The van der Waals surface area contributed by atoms with Crippen molar-refractivity contribution in [1.82, 2.24) is 4.90 Å². The molecule has 9 heteroatoms. The third-order valence-corrected chi connectivity index (χ3v) is 7.11. The number of benzene rings is 1. The van der Waals surface area contributed by atoms with Crippen LogP contribution >= 0.6 is 0 Å². The summed E-state index contributed by atoms with van der Waals surface area (Å²) in [6, 6.07) is 5.55. The van der Waals surface area contributed by atoms with E-state index in [9.17, 15) is 14.4 Å². The molecule has 158 valence electrons. The van der Waals surface area contributed by atoms with Gasteiger partial charge in [0, 0.05) is 12.5 Å². The molecule has 5 rings (SSSR count). The van der Waals surface area contributed by atoms with Crippen molar-refractivity contribution in [2.45, 2.75) is 18.9 Å². The van der Waals surface area contributed by atoms with E-state index in [0.717, 1.165) is 5.56 Å². The number of hydrogen-bond donors (Lipinski definition) is 1. The Kier molecular flexibility index (Phi) is 4.23. The summed E-state index contributed by atoms with van der Waals surface area (Å²) >= 11 is 0. The Morgan fingerprint density at radius 3 is 2.50 bits per heavy atom. The molecule has 9 nitrogen and oxygen atoms in total. The van der Waals surface area contributed by atoms with Crippen LogP contribution in [0.15, 0.2) is 23.4 Å². The molecule has 2 N–H and O–H groups in total. The number of primary amides is 1. The highest BCUT2D eigenvalue weighted by Crippen LogP contribution is 2.61. The Hall–Kier alpha value is -3.10. The van der Waals surface area contributed by atoms with E-state index in [1.807, 2.05) is 12.1 Å². The number of amides is 3. The first-order valence-corrected chi connectivity index (χ1v) is 10.1. The molecule has 0 radical (unpaired) electrons. The molecular formula is C21H23N3O6. The second-order valence-electron chi connectivity index (χ2n) is 8.32. The van der Waals surface area contributed by atoms with Gasteiger partial charge in [-0.25, -0.2) is 0 Å². The van der Waals surface area contributed by atoms with Crippen molar-refractivity contribution in [3.05, 3.63) is 23.8 Å². The number of methoxy groups -OCH3 is 2. The maximum atomic E-state index is 13.2. The fourth-order valence-electron chi connectivity index (χ4n) is 5.89. The normalized spacial score (nSPS) is 33.3. The standard InChI is InChI=1S/C21H23N3O6/c1-28-12-4-3-9(7-13(12)29-2)5-6-24-20(26)14-10-8-11(15(14)21(24)27)18-16(10)17(19(22)25)23-30-18/h3-4,7,10-11,14-16,18H,5-6,8H2,1-2H3,(H2,22,25)/t10-,11-,14-,15+,16+,18-/m0/s1. The number of carbonyl (C=O) groups is 3. The molecule has 1 saturated heterocycles. The predicted octanol–water partition coefficient (Wildman–Crippen LogP) is 0.354. The zero-order chi connectivity index (χ0) is 21.2. The van der Waals surface area contributed by atoms with Gasteiger partial charge in [0.25, 0.3) is 5.91 Å². The Labute approximate surface area is 173 Å². The van der Waals surface area contributed by atoms with Gasteiger partial charge in [0.1, 0.15) is 6.10 Å². The van der Waals surface area contributed by atoms with E-state index in [0.29, 0.717) is 30.9 Å². The number of nitrogens with zero attached hydrogens (tertiary/aromatic N) is 2. The molecule has 2 saturated carbocycles. The number of oxime groups is 1. The van der Waals surface area contributed by atoms with Gasteiger partial charge in [-0.05, 0) is 36.5 Å². The van der Waals surface area contributed by atoms with Gasteiger partial charge in [0.2, 0.25) is 11.8 Å². The molecule has 2 aliphatic carbocycles. The molecule has 30 heavy (non-hydrogen) atoms. The smallest absolute Gasteiger partial charge is 0.266 e. The second-order valence-corrected chi connectivity index (χ2v) is 8.32. The van der Waals surface area contributed by atoms with E-state index in [-0.39, 0.29) is 41.4 Å². The molecule has 1 aromatic carbocycles. The maximum absolute atomic E-state index is 13.2. The third kappa shape index (κ3) is 2.47. The monoisotopic (exact) mass is 413 g/mol. The Morgan fingerprint density at radius 1 is 1.13 bits per heavy atom. The molecular weight excluding hydrogens is 390 g/mol. The molecule has 3 fully saturated rings. The van der Waals surface area contributed by atoms with Crippen LogP contribution in [0, 0.1) is 29.6 Å². The SMILES string of the molecule is COc1ccc(CCN2C(=O)[C@@H]3[C@@H]4C[C@H]([C@@H]5C(C(N)=O)=NO[C@@H]45)[C@@H]3C2=O)cc1OC. The van der Waals surface area contributed by atoms with Gasteiger partial charge in [-0.15, -0.1) is 0 Å². The minimum absolute atomic E-state index is 0.104. The van der Waals surface area contributed by atoms with Crippen LogP contribution in [0.4, 0.5) is 0 Å². The molecule has 0 aromatic heterocycles. The summed E-state index contributed by atoms with van der Waals surface area (Å²) < 4.78 is 10.6. The first-order chi connectivity index (χ1) is 14.5. The lowest BCUT2D eigenvalue weighted by atomic mass is 9.72. The number of rotatable bonds is 6. The van der Waals surface area contributed by atoms with E-state index in [1.165, 1.54) is 4.90 Å². The quantitative estimate of drug-likeness (QED) is 0.672. The van der Waals surface area contributed by atoms with Crippen LogP contribution in [-0.4, -0.2) is 55.2 Å². The highest BCUT2D eigenvalue weighted by Gasteiger charge is 2.70. The number of hydrogen-bond acceptors (Lipinski definition) is 7. The zero-order valence-electron chi connectivity index (χ0n) is 16.7. The van der Waals surface area contributed by atoms with E-state index in [4.69, 9.17) is 20.0 Å². The van der Waals surface area contributed by atoms with Crippen LogP contribution in [0.1, 0.15) is 12.0 Å². The van der Waals surface area contributed by atoms with Gasteiger partial charge in [0.05, 0.1) is 32.0 Å². The molecule has 2 heterocycles. The van der Waals surface area contributed by atoms with Gasteiger partial charge in [-0.1, -0.05) is 11.2 Å². The summed E-state index contributed by atoms with van der Waals surface area (Å²) in [5.74, 6) is -1.01. The van der Waals surface area contributed by atoms with Crippen molar-refractivity contribution < 1.29 is 28.7 Å². The van der Waals surface area contributed by atoms with Crippen molar-refractivity contribution in [3.8, 4) is 11.5 Å². The average molecular weight is 413 g/mol. The fraction of sp³-hybridized carbons (Fsp3) is 0.524. The lowest BCUT2D eigenvalue weighted by Gasteiger charge is -2.29. The van der Waals surface area contributed by atoms with Gasteiger partial charge in [0.15, 0.2) is 17.2 Å². The van der Waals surface area contributed by atoms with Crippen LogP contribution in [-0.2, 0) is 25.6 Å². The summed E-state index contributed by atoms with van der Waals surface area (Å²) in [5, 5.41) is 3.85. The summed E-state index contributed by atoms with van der Waals surface area (Å²) in [4.78, 5) is 44.8. The minimum Gasteiger partial charge on any atom is -0.493 e. The lowest BCUT2D eigenvalue weighted by molar-refractivity contribution is -0.141. The largest absolute Gasteiger partial charge is 0.493 e. The third-order valence-electron chi connectivity index (χ3n) is 7.11. The molecule has 1 aromatic rings. The van der Waals surface area contributed by atoms with Crippen LogP contribution in [0.3, 0.4) is 0 Å². The average Bonchev–Trinajstić information content (AvgIpc) is 3.47. The second kappa shape index (κ2) is 6.72. The van der Waals surface area contributed by atoms with E-state index < -0.39 is 17.7 Å². The van der Waals surface area contributed by atoms with Gasteiger partial charge in [-0.2, -0.15) is 0 Å². The number of fused-ring (bicyclic) bond motifs is 8. The van der Waals surface area contributed by atoms with E-state index in [1.54, 1.807) is 20.3 Å². The number of likely N-dealkylation sites (tertiary alicyclic amines) is 1. The molecule has 0 spiro atoms. The summed E-state index contributed by atoms with van der Waals surface area (Å²) in [5.41, 5.74) is 6.58. The van der Waals surface area contributed by atoms with Gasteiger partial charge < -0.3 is 20.0 Å². The van der Waals surface area contributed by atoms with Crippen molar-refractivity contribution in [2.75, 3.05) is 20.8 Å². The first-order valence-electron chi connectivity index (χ1n) is 10.1. The van der Waals surface area contributed by atoms with Crippen molar-refractivity contribution >= 4 is 23.4 Å². The highest BCUT2D eigenvalue weighted by molar-refractivity contribution is 6.39. The van der Waals surface area contributed by atoms with Crippen molar-refractivity contribution in [1.29, 1.82) is 0 Å². The topological polar surface area (TPSA) is 121 Å². The Bertz CT molecular complexity index is 975. The molecule has 2 bridgehead atoms. The van der Waals surface area contributed by atoms with Crippen molar-refractivity contribution in [3.63, 3.8) is 0 Å². The number of nitrogens with two attached hydrogens (primary N) is 1. The van der Waals surface area contributed by atoms with Crippen LogP contribution in [0.5, 0.6) is 11.5 Å². The van der Waals surface area contributed by atoms with Crippen molar-refractivity contribution in [2.24, 2.45) is 40.5 Å². The molecule has 6 atom stereocenters. The zero-order valence-corrected chi connectivity index (χ0v) is 16.7. The summed E-state index contributed by atoms with van der Waals surface area (Å²) in [6.07, 6.45) is 0.878. The number of imide groups is 1. The van der Waals surface area contributed by atoms with E-state index in [2.05, 4.69) is 5.16 Å². The Balaban J connectivity index is 1.33. The highest BCUT2D eigenvalue weighted by atomic mass is 16.6. The molecule has 3 amide bonds. The summed E-state index contributed by atoms with van der Waals surface area (Å²) in [7, 11) is 3.13. The Morgan fingerprint density at radius 2 is 1.83 bits per heavy atom. The van der Waals surface area contributed by atoms with E-state index >= 15 is 0 Å². The van der Waals surface area contributed by atoms with Gasteiger partial charge >= 0.3 is 0 Å². The predicted molar refractivity (Wildman–Crippen MR) is 104 cm³/mol. The summed E-state index contributed by atoms with van der Waals surface area (Å²) in [6.45, 7) is 0.298. The molecule has 4 aliphatic rings. The van der Waals surface area contributed by atoms with Gasteiger partial charge in [-0.3, -0.25) is 19.3 Å².